The molecule has 7 heteroatoms. The molecular formula is C14H18N4O3. The molecule has 4 N–H and O–H groups in total. The summed E-state index contributed by atoms with van der Waals surface area (Å²) in [4.78, 5) is 35.5. The fraction of sp³-hybridized carbons (Fsp3) is 0.357. The first kappa shape index (κ1) is 15.0. The van der Waals surface area contributed by atoms with Gasteiger partial charge >= 0.3 is 6.03 Å². The molecule has 7 nitrogen and oxygen atoms in total. The lowest BCUT2D eigenvalue weighted by molar-refractivity contribution is -0.126. The molecule has 1 fully saturated rings. The van der Waals surface area contributed by atoms with Crippen LogP contribution in [0.5, 0.6) is 0 Å². The maximum absolute atomic E-state index is 11.8. The summed E-state index contributed by atoms with van der Waals surface area (Å²) in [5, 5.41) is 5.05. The highest BCUT2D eigenvalue weighted by molar-refractivity contribution is 6.01. The van der Waals surface area contributed by atoms with Gasteiger partial charge in [-0.05, 0) is 12.0 Å². The van der Waals surface area contributed by atoms with E-state index in [-0.39, 0.29) is 31.4 Å². The Hall–Kier alpha value is -2.41. The molecular weight excluding hydrogens is 272 g/mol. The van der Waals surface area contributed by atoms with E-state index in [1.165, 1.54) is 0 Å². The van der Waals surface area contributed by atoms with E-state index in [0.717, 1.165) is 10.5 Å². The van der Waals surface area contributed by atoms with Gasteiger partial charge in [-0.1, -0.05) is 30.3 Å². The summed E-state index contributed by atoms with van der Waals surface area (Å²) < 4.78 is 0. The quantitative estimate of drug-likeness (QED) is 0.598. The molecule has 21 heavy (non-hydrogen) atoms. The number of nitrogens with two attached hydrogens (primary N) is 1. The fourth-order valence-corrected chi connectivity index (χ4v) is 2.06. The van der Waals surface area contributed by atoms with Gasteiger partial charge in [-0.2, -0.15) is 0 Å². The summed E-state index contributed by atoms with van der Waals surface area (Å²) in [5.41, 5.74) is 6.81. The third-order valence-corrected chi connectivity index (χ3v) is 3.21. The van der Waals surface area contributed by atoms with Crippen molar-refractivity contribution in [3.8, 4) is 0 Å². The molecule has 0 bridgehead atoms. The van der Waals surface area contributed by atoms with E-state index < -0.39 is 12.1 Å². The minimum atomic E-state index is -0.657. The van der Waals surface area contributed by atoms with Crippen LogP contribution in [0.15, 0.2) is 30.3 Å². The number of imide groups is 1. The Morgan fingerprint density at radius 3 is 2.67 bits per heavy atom. The number of rotatable bonds is 6. The minimum Gasteiger partial charge on any atom is -0.353 e. The third-order valence-electron chi connectivity index (χ3n) is 3.21. The van der Waals surface area contributed by atoms with E-state index in [1.807, 2.05) is 30.3 Å². The van der Waals surface area contributed by atoms with Crippen molar-refractivity contribution >= 4 is 17.8 Å². The number of urea groups is 1. The second kappa shape index (κ2) is 6.85. The van der Waals surface area contributed by atoms with E-state index in [4.69, 9.17) is 5.73 Å². The molecule has 1 aliphatic heterocycles. The van der Waals surface area contributed by atoms with Gasteiger partial charge in [-0.15, -0.1) is 0 Å². The average Bonchev–Trinajstić information content (AvgIpc) is 2.80. The topological polar surface area (TPSA) is 105 Å². The van der Waals surface area contributed by atoms with Gasteiger partial charge in [0.1, 0.15) is 0 Å². The number of hydrogen-bond acceptors (Lipinski definition) is 4. The summed E-state index contributed by atoms with van der Waals surface area (Å²) in [5.74, 6) is -0.589. The molecule has 0 aromatic heterocycles. The molecule has 1 saturated heterocycles. The van der Waals surface area contributed by atoms with E-state index >= 15 is 0 Å². The molecule has 4 amide bonds. The Bertz CT molecular complexity index is 516. The third kappa shape index (κ3) is 4.03. The molecule has 0 spiro atoms. The van der Waals surface area contributed by atoms with Crippen molar-refractivity contribution in [3.63, 3.8) is 0 Å². The van der Waals surface area contributed by atoms with Crippen LogP contribution < -0.4 is 16.4 Å². The molecule has 112 valence electrons. The molecule has 0 saturated carbocycles. The van der Waals surface area contributed by atoms with Gasteiger partial charge < -0.3 is 16.4 Å². The van der Waals surface area contributed by atoms with Gasteiger partial charge in [0.15, 0.2) is 0 Å². The van der Waals surface area contributed by atoms with Gasteiger partial charge in [0.25, 0.3) is 0 Å². The largest absolute Gasteiger partial charge is 0.353 e. The number of nitrogens with one attached hydrogen (secondary N) is 2. The first-order valence-corrected chi connectivity index (χ1v) is 6.73. The molecule has 0 aliphatic carbocycles. The molecule has 1 aromatic carbocycles. The second-order valence-electron chi connectivity index (χ2n) is 4.79. The number of benzene rings is 1. The van der Waals surface area contributed by atoms with Crippen LogP contribution in [0.4, 0.5) is 4.79 Å². The van der Waals surface area contributed by atoms with Crippen LogP contribution in [-0.2, 0) is 16.0 Å². The molecule has 0 radical (unpaired) electrons. The van der Waals surface area contributed by atoms with Crippen molar-refractivity contribution in [1.29, 1.82) is 0 Å². The highest BCUT2D eigenvalue weighted by atomic mass is 16.2. The summed E-state index contributed by atoms with van der Waals surface area (Å²) in [6, 6.07) is 8.39. The number of nitrogens with zero attached hydrogens (tertiary/aromatic N) is 1. The first-order valence-electron chi connectivity index (χ1n) is 6.73. The van der Waals surface area contributed by atoms with E-state index in [0.29, 0.717) is 6.42 Å². The Labute approximate surface area is 122 Å². The normalized spacial score (nSPS) is 15.8. The second-order valence-corrected chi connectivity index (χ2v) is 4.79. The molecule has 0 unspecified atom stereocenters. The van der Waals surface area contributed by atoms with Gasteiger partial charge in [-0.25, -0.2) is 4.79 Å². The van der Waals surface area contributed by atoms with Gasteiger partial charge in [0, 0.05) is 13.1 Å². The monoisotopic (exact) mass is 290 g/mol. The maximum Gasteiger partial charge on any atom is 0.324 e. The van der Waals surface area contributed by atoms with Crippen molar-refractivity contribution in [3.05, 3.63) is 35.9 Å². The molecule has 1 atom stereocenters. The number of hydrogen-bond donors (Lipinski definition) is 3. The lowest BCUT2D eigenvalue weighted by Gasteiger charge is -2.15. The van der Waals surface area contributed by atoms with Crippen LogP contribution in [0.2, 0.25) is 0 Å². The maximum atomic E-state index is 11.8. The Balaban J connectivity index is 1.74. The molecule has 1 aromatic rings. The molecule has 1 heterocycles. The van der Waals surface area contributed by atoms with Crippen LogP contribution in [0.1, 0.15) is 5.56 Å². The van der Waals surface area contributed by atoms with Crippen LogP contribution in [0, 0.1) is 0 Å². The summed E-state index contributed by atoms with van der Waals surface area (Å²) in [6.07, 6.45) is 0.440. The summed E-state index contributed by atoms with van der Waals surface area (Å²) in [7, 11) is 0. The molecule has 2 rings (SSSR count). The lowest BCUT2D eigenvalue weighted by atomic mass is 10.1. The van der Waals surface area contributed by atoms with Crippen molar-refractivity contribution in [2.75, 3.05) is 19.6 Å². The van der Waals surface area contributed by atoms with Crippen molar-refractivity contribution < 1.29 is 14.4 Å². The summed E-state index contributed by atoms with van der Waals surface area (Å²) >= 11 is 0. The zero-order chi connectivity index (χ0) is 15.2. The fourth-order valence-electron chi connectivity index (χ4n) is 2.06. The first-order chi connectivity index (χ1) is 10.1. The van der Waals surface area contributed by atoms with Crippen LogP contribution in [0.25, 0.3) is 0 Å². The van der Waals surface area contributed by atoms with Crippen LogP contribution in [-0.4, -0.2) is 48.4 Å². The molecule has 1 aliphatic rings. The van der Waals surface area contributed by atoms with Crippen LogP contribution >= 0.6 is 0 Å². The van der Waals surface area contributed by atoms with E-state index in [9.17, 15) is 14.4 Å². The minimum absolute atomic E-state index is 0.0142. The standard InChI is InChI=1S/C14H18N4O3/c15-11(8-10-4-2-1-3-5-10)13(20)16-6-7-18-12(19)9-17-14(18)21/h1-5,11H,6-9,15H2,(H,16,20)(H,17,21)/t11-/m0/s1. The van der Waals surface area contributed by atoms with Crippen LogP contribution in [0.3, 0.4) is 0 Å². The average molecular weight is 290 g/mol. The summed E-state index contributed by atoms with van der Waals surface area (Å²) in [6.45, 7) is 0.356. The Kier molecular flexibility index (Phi) is 4.89. The van der Waals surface area contributed by atoms with E-state index in [1.54, 1.807) is 0 Å². The lowest BCUT2D eigenvalue weighted by Crippen LogP contribution is -2.45. The van der Waals surface area contributed by atoms with Crippen molar-refractivity contribution in [1.82, 2.24) is 15.5 Å². The SMILES string of the molecule is N[C@@H](Cc1ccccc1)C(=O)NCCN1C(=O)CNC1=O. The Morgan fingerprint density at radius 1 is 1.33 bits per heavy atom. The predicted octanol–water partition coefficient (Wildman–Crippen LogP) is -0.776. The van der Waals surface area contributed by atoms with Crippen molar-refractivity contribution in [2.24, 2.45) is 5.73 Å². The number of carbonyl (C=O) groups excluding carboxylic acids is 3. The van der Waals surface area contributed by atoms with Gasteiger partial charge in [0.2, 0.25) is 11.8 Å². The zero-order valence-electron chi connectivity index (χ0n) is 11.5. The zero-order valence-corrected chi connectivity index (χ0v) is 11.5. The highest BCUT2D eigenvalue weighted by Gasteiger charge is 2.27. The van der Waals surface area contributed by atoms with Gasteiger partial charge in [0.05, 0.1) is 12.6 Å². The Morgan fingerprint density at radius 2 is 2.05 bits per heavy atom. The van der Waals surface area contributed by atoms with Gasteiger partial charge in [-0.3, -0.25) is 14.5 Å². The smallest absolute Gasteiger partial charge is 0.324 e. The number of amides is 4. The highest BCUT2D eigenvalue weighted by Crippen LogP contribution is 2.02. The number of carbonyl (C=O) groups is 3. The van der Waals surface area contributed by atoms with Crippen molar-refractivity contribution in [2.45, 2.75) is 12.5 Å². The van der Waals surface area contributed by atoms with E-state index in [2.05, 4.69) is 10.6 Å². The predicted molar refractivity (Wildman–Crippen MR) is 76.2 cm³/mol.